The number of carbonyl (C=O) groups excluding carboxylic acids is 1. The highest BCUT2D eigenvalue weighted by Gasteiger charge is 2.35. The molecule has 138 valence electrons. The van der Waals surface area contributed by atoms with Crippen molar-refractivity contribution in [3.63, 3.8) is 0 Å². The normalized spacial score (nSPS) is 17.0. The molecule has 0 aliphatic carbocycles. The molecule has 1 aromatic heterocycles. The lowest BCUT2D eigenvalue weighted by Gasteiger charge is -2.21. The van der Waals surface area contributed by atoms with Crippen LogP contribution in [0.2, 0.25) is 0 Å². The Kier molecular flexibility index (Phi) is 5.05. The predicted octanol–water partition coefficient (Wildman–Crippen LogP) is 1.61. The maximum Gasteiger partial charge on any atom is 0.336 e. The van der Waals surface area contributed by atoms with Crippen LogP contribution in [-0.2, 0) is 14.8 Å². The summed E-state index contributed by atoms with van der Waals surface area (Å²) in [6, 6.07) is 6.55. The highest BCUT2D eigenvalue weighted by molar-refractivity contribution is 7.93. The summed E-state index contributed by atoms with van der Waals surface area (Å²) in [6.07, 6.45) is 2.44. The van der Waals surface area contributed by atoms with Crippen molar-refractivity contribution in [2.75, 3.05) is 18.0 Å². The Labute approximate surface area is 150 Å². The van der Waals surface area contributed by atoms with Gasteiger partial charge in [-0.05, 0) is 18.9 Å². The van der Waals surface area contributed by atoms with Gasteiger partial charge in [0.2, 0.25) is 5.88 Å². The van der Waals surface area contributed by atoms with Gasteiger partial charge in [0.25, 0.3) is 16.0 Å². The number of methoxy groups -OCH3 is 1. The Bertz CT molecular complexity index is 912. The number of nitrogens with two attached hydrogens (primary N) is 1. The van der Waals surface area contributed by atoms with Crippen LogP contribution in [0.5, 0.6) is 5.88 Å². The number of ether oxygens (including phenoxy) is 2. The molecule has 1 aliphatic rings. The number of nitrogens with zero attached hydrogens (tertiary/aromatic N) is 3. The number of hydrogen-bond donors (Lipinski definition) is 1. The van der Waals surface area contributed by atoms with Crippen molar-refractivity contribution >= 4 is 22.0 Å². The molecule has 1 atom stereocenters. The first-order valence-electron chi connectivity index (χ1n) is 7.87. The average Bonchev–Trinajstić information content (AvgIpc) is 3.16. The molecule has 0 bridgehead atoms. The van der Waals surface area contributed by atoms with E-state index in [0.717, 1.165) is 6.42 Å². The molecule has 2 amide bonds. The van der Waals surface area contributed by atoms with E-state index in [9.17, 15) is 13.2 Å². The van der Waals surface area contributed by atoms with Gasteiger partial charge in [0, 0.05) is 24.4 Å². The average molecular weight is 378 g/mol. The lowest BCUT2D eigenvalue weighted by molar-refractivity contribution is 0.110. The van der Waals surface area contributed by atoms with Crippen LogP contribution in [-0.4, -0.2) is 38.1 Å². The summed E-state index contributed by atoms with van der Waals surface area (Å²) in [5.41, 5.74) is 5.81. The summed E-state index contributed by atoms with van der Waals surface area (Å²) in [5.74, 6) is -0.289. The van der Waals surface area contributed by atoms with Gasteiger partial charge in [0.15, 0.2) is 0 Å². The Balaban J connectivity index is 2.11. The van der Waals surface area contributed by atoms with Crippen molar-refractivity contribution in [2.45, 2.75) is 23.8 Å². The molecule has 2 aromatic rings. The van der Waals surface area contributed by atoms with E-state index in [2.05, 4.69) is 9.97 Å². The fraction of sp³-hybridized carbons (Fsp3) is 0.312. The number of aromatic nitrogens is 2. The van der Waals surface area contributed by atoms with Crippen molar-refractivity contribution in [3.8, 4) is 5.88 Å². The number of rotatable bonds is 5. The number of sulfonamides is 1. The summed E-state index contributed by atoms with van der Waals surface area (Å²) in [5, 5.41) is 0. The second-order valence-electron chi connectivity index (χ2n) is 5.55. The van der Waals surface area contributed by atoms with Crippen LogP contribution in [0.15, 0.2) is 41.4 Å². The Morgan fingerprint density at radius 2 is 2.12 bits per heavy atom. The molecule has 0 spiro atoms. The van der Waals surface area contributed by atoms with Crippen molar-refractivity contribution in [1.82, 2.24) is 9.97 Å². The fourth-order valence-corrected chi connectivity index (χ4v) is 4.26. The molecule has 2 N–H and O–H groups in total. The second kappa shape index (κ2) is 7.26. The van der Waals surface area contributed by atoms with E-state index in [1.165, 1.54) is 25.4 Å². The molecular weight excluding hydrogens is 360 g/mol. The number of primary amides is 1. The molecule has 3 rings (SSSR count). The quantitative estimate of drug-likeness (QED) is 0.838. The minimum atomic E-state index is -4.35. The minimum absolute atomic E-state index is 0.0721. The highest BCUT2D eigenvalue weighted by Crippen LogP contribution is 2.34. The summed E-state index contributed by atoms with van der Waals surface area (Å²) >= 11 is 0. The zero-order valence-corrected chi connectivity index (χ0v) is 14.8. The SMILES string of the molecule is COc1ccnc(N(C(N)=O)S(=O)(=O)c2ccccc2C2CCCO2)n1. The summed E-state index contributed by atoms with van der Waals surface area (Å²) in [4.78, 5) is 19.7. The maximum absolute atomic E-state index is 13.2. The van der Waals surface area contributed by atoms with Crippen molar-refractivity contribution in [2.24, 2.45) is 5.73 Å². The molecule has 26 heavy (non-hydrogen) atoms. The molecule has 0 saturated carbocycles. The van der Waals surface area contributed by atoms with Gasteiger partial charge in [0.05, 0.1) is 18.1 Å². The number of hydrogen-bond acceptors (Lipinski definition) is 7. The van der Waals surface area contributed by atoms with Gasteiger partial charge in [-0.1, -0.05) is 18.2 Å². The molecule has 1 fully saturated rings. The van der Waals surface area contributed by atoms with Crippen LogP contribution in [0.4, 0.5) is 10.7 Å². The van der Waals surface area contributed by atoms with Crippen LogP contribution in [0.25, 0.3) is 0 Å². The van der Waals surface area contributed by atoms with Crippen LogP contribution in [0.1, 0.15) is 24.5 Å². The molecule has 10 heteroatoms. The third-order valence-electron chi connectivity index (χ3n) is 3.92. The summed E-state index contributed by atoms with van der Waals surface area (Å²) in [6.45, 7) is 0.553. The first-order chi connectivity index (χ1) is 12.4. The van der Waals surface area contributed by atoms with Gasteiger partial charge in [-0.2, -0.15) is 4.98 Å². The predicted molar refractivity (Wildman–Crippen MR) is 92.2 cm³/mol. The largest absolute Gasteiger partial charge is 0.481 e. The van der Waals surface area contributed by atoms with E-state index in [1.54, 1.807) is 18.2 Å². The second-order valence-corrected chi connectivity index (χ2v) is 7.30. The standard InChI is InChI=1S/C16H18N4O5S/c1-24-14-8-9-18-16(19-14)20(15(17)21)26(22,23)13-7-3-2-5-11(13)12-6-4-10-25-12/h2-3,5,7-9,12H,4,6,10H2,1H3,(H2,17,21). The van der Waals surface area contributed by atoms with E-state index < -0.39 is 16.1 Å². The van der Waals surface area contributed by atoms with Gasteiger partial charge in [-0.3, -0.25) is 0 Å². The molecule has 1 unspecified atom stereocenters. The number of amides is 2. The third-order valence-corrected chi connectivity index (χ3v) is 5.67. The third kappa shape index (κ3) is 3.33. The monoisotopic (exact) mass is 378 g/mol. The number of carbonyl (C=O) groups is 1. The van der Waals surface area contributed by atoms with E-state index in [1.807, 2.05) is 0 Å². The summed E-state index contributed by atoms with van der Waals surface area (Å²) in [7, 11) is -2.99. The maximum atomic E-state index is 13.2. The first-order valence-corrected chi connectivity index (χ1v) is 9.31. The van der Waals surface area contributed by atoms with E-state index >= 15 is 0 Å². The first kappa shape index (κ1) is 18.1. The zero-order chi connectivity index (χ0) is 18.7. The smallest absolute Gasteiger partial charge is 0.336 e. The molecule has 9 nitrogen and oxygen atoms in total. The number of benzene rings is 1. The number of urea groups is 1. The zero-order valence-electron chi connectivity index (χ0n) is 14.0. The van der Waals surface area contributed by atoms with Crippen LogP contribution in [0.3, 0.4) is 0 Å². The van der Waals surface area contributed by atoms with Gasteiger partial charge < -0.3 is 15.2 Å². The fourth-order valence-electron chi connectivity index (χ4n) is 2.77. The Hall–Kier alpha value is -2.72. The van der Waals surface area contributed by atoms with Crippen molar-refractivity contribution in [1.29, 1.82) is 0 Å². The molecule has 2 heterocycles. The van der Waals surface area contributed by atoms with Gasteiger partial charge in [0.1, 0.15) is 0 Å². The molecule has 1 aromatic carbocycles. The van der Waals surface area contributed by atoms with Crippen LogP contribution < -0.4 is 14.8 Å². The highest BCUT2D eigenvalue weighted by atomic mass is 32.2. The molecule has 1 saturated heterocycles. The van der Waals surface area contributed by atoms with Gasteiger partial charge >= 0.3 is 6.03 Å². The molecular formula is C16H18N4O5S. The van der Waals surface area contributed by atoms with Gasteiger partial charge in [-0.15, -0.1) is 4.31 Å². The minimum Gasteiger partial charge on any atom is -0.481 e. The van der Waals surface area contributed by atoms with Crippen molar-refractivity contribution < 1.29 is 22.7 Å². The lowest BCUT2D eigenvalue weighted by Crippen LogP contribution is -2.42. The Morgan fingerprint density at radius 3 is 2.77 bits per heavy atom. The lowest BCUT2D eigenvalue weighted by atomic mass is 10.1. The van der Waals surface area contributed by atoms with Gasteiger partial charge in [-0.25, -0.2) is 18.2 Å². The molecule has 1 aliphatic heterocycles. The van der Waals surface area contributed by atoms with Crippen LogP contribution in [0, 0.1) is 0 Å². The number of anilines is 1. The topological polar surface area (TPSA) is 125 Å². The van der Waals surface area contributed by atoms with E-state index in [4.69, 9.17) is 15.2 Å². The summed E-state index contributed by atoms with van der Waals surface area (Å²) < 4.78 is 37.3. The van der Waals surface area contributed by atoms with Crippen LogP contribution >= 0.6 is 0 Å². The Morgan fingerprint density at radius 1 is 1.35 bits per heavy atom. The van der Waals surface area contributed by atoms with E-state index in [0.29, 0.717) is 22.9 Å². The van der Waals surface area contributed by atoms with Crippen molar-refractivity contribution in [3.05, 3.63) is 42.1 Å². The van der Waals surface area contributed by atoms with E-state index in [-0.39, 0.29) is 22.8 Å². The molecule has 0 radical (unpaired) electrons.